The fourth-order valence-electron chi connectivity index (χ4n) is 7.72. The molecule has 51 heavy (non-hydrogen) atoms. The molecule has 1 saturated carbocycles. The lowest BCUT2D eigenvalue weighted by atomic mass is 9.77. The van der Waals surface area contributed by atoms with Gasteiger partial charge in [0.05, 0.1) is 18.0 Å². The van der Waals surface area contributed by atoms with Gasteiger partial charge in [-0.15, -0.1) is 5.10 Å². The van der Waals surface area contributed by atoms with E-state index in [9.17, 15) is 5.11 Å². The highest BCUT2D eigenvalue weighted by Crippen LogP contribution is 2.43. The third-order valence-corrected chi connectivity index (χ3v) is 10.4. The van der Waals surface area contributed by atoms with E-state index in [4.69, 9.17) is 15.3 Å². The van der Waals surface area contributed by atoms with E-state index in [1.807, 2.05) is 28.9 Å². The predicted molar refractivity (Wildman–Crippen MR) is 201 cm³/mol. The lowest BCUT2D eigenvalue weighted by Gasteiger charge is -2.36. The molecule has 0 spiro atoms. The number of rotatable bonds is 12. The maximum Gasteiger partial charge on any atom is 0.184 e. The normalized spacial score (nSPS) is 13.3. The van der Waals surface area contributed by atoms with Crippen LogP contribution in [0.1, 0.15) is 78.0 Å². The van der Waals surface area contributed by atoms with E-state index in [2.05, 4.69) is 132 Å². The number of aliphatic hydroxyl groups excluding tert-OH is 1. The molecule has 8 rings (SSSR count). The first-order chi connectivity index (χ1) is 25.2. The van der Waals surface area contributed by atoms with Crippen molar-refractivity contribution in [2.24, 2.45) is 0 Å². The van der Waals surface area contributed by atoms with Crippen molar-refractivity contribution in [3.63, 3.8) is 0 Å². The second-order valence-corrected chi connectivity index (χ2v) is 13.4. The van der Waals surface area contributed by atoms with Crippen LogP contribution in [0.2, 0.25) is 0 Å². The van der Waals surface area contributed by atoms with Crippen molar-refractivity contribution < 1.29 is 5.11 Å². The van der Waals surface area contributed by atoms with Crippen LogP contribution in [-0.2, 0) is 25.1 Å². The summed E-state index contributed by atoms with van der Waals surface area (Å²) in [5.74, 6) is 2.22. The number of imidazole rings is 1. The van der Waals surface area contributed by atoms with Crippen LogP contribution >= 0.6 is 0 Å². The van der Waals surface area contributed by atoms with Gasteiger partial charge in [-0.2, -0.15) is 0 Å². The summed E-state index contributed by atoms with van der Waals surface area (Å²) >= 11 is 0. The van der Waals surface area contributed by atoms with Gasteiger partial charge in [-0.25, -0.2) is 9.67 Å². The Morgan fingerprint density at radius 2 is 1.27 bits per heavy atom. The molecule has 0 aliphatic heterocycles. The standard InChI is InChI=1S/C44H42N6O/c1-2-15-41-45-42(34-16-14-17-34)40(31-51)49(41)30-32-26-28-33(29-27-32)38-24-12-13-25-39(38)43-46-47-48-50(43)44(35-18-6-3-7-19-35,36-20-8-4-9-21-36)37-22-10-5-11-23-37/h3-13,18-29,34,51H,2,14-17,30-31H2,1H3. The van der Waals surface area contributed by atoms with E-state index in [0.29, 0.717) is 18.3 Å². The Bertz CT molecular complexity index is 2110. The molecule has 0 unspecified atom stereocenters. The zero-order valence-corrected chi connectivity index (χ0v) is 28.9. The van der Waals surface area contributed by atoms with Crippen LogP contribution in [0.4, 0.5) is 0 Å². The van der Waals surface area contributed by atoms with Crippen LogP contribution < -0.4 is 0 Å². The van der Waals surface area contributed by atoms with Crippen molar-refractivity contribution in [3.05, 3.63) is 179 Å². The van der Waals surface area contributed by atoms with Crippen molar-refractivity contribution in [1.82, 2.24) is 29.8 Å². The van der Waals surface area contributed by atoms with E-state index in [1.54, 1.807) is 0 Å². The first-order valence-corrected chi connectivity index (χ1v) is 18.1. The zero-order valence-electron chi connectivity index (χ0n) is 28.9. The molecule has 2 heterocycles. The van der Waals surface area contributed by atoms with Crippen molar-refractivity contribution in [3.8, 4) is 22.5 Å². The number of aliphatic hydroxyl groups is 1. The van der Waals surface area contributed by atoms with E-state index < -0.39 is 5.54 Å². The van der Waals surface area contributed by atoms with Gasteiger partial charge in [0.15, 0.2) is 5.82 Å². The molecule has 254 valence electrons. The van der Waals surface area contributed by atoms with Crippen LogP contribution in [0, 0.1) is 0 Å². The van der Waals surface area contributed by atoms with Crippen LogP contribution in [0.15, 0.2) is 140 Å². The summed E-state index contributed by atoms with van der Waals surface area (Å²) in [5, 5.41) is 24.3. The maximum absolute atomic E-state index is 10.5. The van der Waals surface area contributed by atoms with E-state index in [1.165, 1.54) is 12.0 Å². The molecular weight excluding hydrogens is 629 g/mol. The summed E-state index contributed by atoms with van der Waals surface area (Å²) in [6, 6.07) is 48.6. The van der Waals surface area contributed by atoms with E-state index >= 15 is 0 Å². The van der Waals surface area contributed by atoms with Crippen LogP contribution in [0.5, 0.6) is 0 Å². The highest BCUT2D eigenvalue weighted by atomic mass is 16.3. The molecule has 1 aliphatic rings. The molecule has 7 heteroatoms. The summed E-state index contributed by atoms with van der Waals surface area (Å²) < 4.78 is 4.25. The summed E-state index contributed by atoms with van der Waals surface area (Å²) in [7, 11) is 0. The molecular formula is C44H42N6O. The van der Waals surface area contributed by atoms with Gasteiger partial charge in [0.25, 0.3) is 0 Å². The minimum Gasteiger partial charge on any atom is -0.390 e. The number of tetrazole rings is 1. The molecule has 7 aromatic rings. The van der Waals surface area contributed by atoms with Crippen LogP contribution in [0.25, 0.3) is 22.5 Å². The summed E-state index contributed by atoms with van der Waals surface area (Å²) in [5.41, 5.74) is 8.63. The Morgan fingerprint density at radius 1 is 0.706 bits per heavy atom. The molecule has 1 N–H and O–H groups in total. The first-order valence-electron chi connectivity index (χ1n) is 18.1. The molecule has 0 atom stereocenters. The summed E-state index contributed by atoms with van der Waals surface area (Å²) in [4.78, 5) is 5.07. The van der Waals surface area contributed by atoms with Gasteiger partial charge in [0.1, 0.15) is 11.4 Å². The zero-order chi connectivity index (χ0) is 34.6. The smallest absolute Gasteiger partial charge is 0.184 e. The minimum absolute atomic E-state index is 0.0131. The monoisotopic (exact) mass is 670 g/mol. The Labute approximate surface area is 299 Å². The second kappa shape index (κ2) is 14.3. The highest BCUT2D eigenvalue weighted by molar-refractivity contribution is 5.81. The Kier molecular flexibility index (Phi) is 9.12. The lowest BCUT2D eigenvalue weighted by Crippen LogP contribution is -2.39. The fraction of sp³-hybridized carbons (Fsp3) is 0.227. The van der Waals surface area contributed by atoms with Gasteiger partial charge in [-0.3, -0.25) is 0 Å². The molecule has 0 bridgehead atoms. The Morgan fingerprint density at radius 3 is 1.80 bits per heavy atom. The molecule has 1 aliphatic carbocycles. The largest absolute Gasteiger partial charge is 0.390 e. The lowest BCUT2D eigenvalue weighted by molar-refractivity contribution is 0.266. The molecule has 5 aromatic carbocycles. The summed E-state index contributed by atoms with van der Waals surface area (Å²) in [6.07, 6.45) is 5.48. The molecule has 0 radical (unpaired) electrons. The molecule has 1 fully saturated rings. The van der Waals surface area contributed by atoms with Crippen LogP contribution in [-0.4, -0.2) is 34.9 Å². The second-order valence-electron chi connectivity index (χ2n) is 13.4. The SMILES string of the molecule is CCCc1nc(C2CCC2)c(CO)n1Cc1ccc(-c2ccccc2-c2nnnn2C(c2ccccc2)(c2ccccc2)c2ccccc2)cc1. The molecule has 0 amide bonds. The third kappa shape index (κ3) is 5.87. The van der Waals surface area contributed by atoms with Gasteiger partial charge in [-0.05, 0) is 63.1 Å². The van der Waals surface area contributed by atoms with Gasteiger partial charge in [0, 0.05) is 24.4 Å². The Balaban J connectivity index is 1.22. The molecule has 7 nitrogen and oxygen atoms in total. The number of hydrogen-bond donors (Lipinski definition) is 1. The maximum atomic E-state index is 10.5. The Hall–Kier alpha value is -5.66. The van der Waals surface area contributed by atoms with Gasteiger partial charge in [0.2, 0.25) is 0 Å². The van der Waals surface area contributed by atoms with Gasteiger partial charge < -0.3 is 9.67 Å². The number of aryl methyl sites for hydroxylation is 1. The van der Waals surface area contributed by atoms with Gasteiger partial charge >= 0.3 is 0 Å². The minimum atomic E-state index is -0.844. The first kappa shape index (κ1) is 32.5. The van der Waals surface area contributed by atoms with Crippen molar-refractivity contribution >= 4 is 0 Å². The van der Waals surface area contributed by atoms with E-state index in [-0.39, 0.29) is 6.61 Å². The fourth-order valence-corrected chi connectivity index (χ4v) is 7.72. The number of benzene rings is 5. The molecule has 2 aromatic heterocycles. The van der Waals surface area contributed by atoms with Crippen molar-refractivity contribution in [2.75, 3.05) is 0 Å². The predicted octanol–water partition coefficient (Wildman–Crippen LogP) is 8.80. The van der Waals surface area contributed by atoms with Crippen molar-refractivity contribution in [1.29, 1.82) is 0 Å². The van der Waals surface area contributed by atoms with Crippen molar-refractivity contribution in [2.45, 2.75) is 63.6 Å². The van der Waals surface area contributed by atoms with Crippen LogP contribution in [0.3, 0.4) is 0 Å². The quantitative estimate of drug-likeness (QED) is 0.131. The van der Waals surface area contributed by atoms with E-state index in [0.717, 1.165) is 76.3 Å². The third-order valence-electron chi connectivity index (χ3n) is 10.4. The summed E-state index contributed by atoms with van der Waals surface area (Å²) in [6.45, 7) is 2.88. The number of nitrogens with zero attached hydrogens (tertiary/aromatic N) is 6. The topological polar surface area (TPSA) is 81.7 Å². The number of hydrogen-bond acceptors (Lipinski definition) is 5. The average molecular weight is 671 g/mol. The number of aromatic nitrogens is 6. The molecule has 0 saturated heterocycles. The highest BCUT2D eigenvalue weighted by Gasteiger charge is 2.42. The van der Waals surface area contributed by atoms with Gasteiger partial charge in [-0.1, -0.05) is 153 Å². The average Bonchev–Trinajstić information content (AvgIpc) is 3.78.